The lowest BCUT2D eigenvalue weighted by molar-refractivity contribution is -0.122. The van der Waals surface area contributed by atoms with E-state index in [2.05, 4.69) is 5.32 Å². The van der Waals surface area contributed by atoms with Gasteiger partial charge in [0.05, 0.1) is 12.8 Å². The van der Waals surface area contributed by atoms with Crippen LogP contribution >= 0.6 is 11.8 Å². The highest BCUT2D eigenvalue weighted by atomic mass is 32.2. The average molecular weight is 317 g/mol. The standard InChI is InChI=1S/C17H19NO3S/c1-12(21-14-8-6-7-13(11-14)20-2)17(19)18-15-9-4-5-10-16(15)22-3/h4-12H,1-3H3,(H,18,19). The number of methoxy groups -OCH3 is 1. The second-order valence-corrected chi connectivity index (χ2v) is 5.48. The molecule has 1 atom stereocenters. The van der Waals surface area contributed by atoms with Crippen LogP contribution in [-0.2, 0) is 4.79 Å². The minimum absolute atomic E-state index is 0.190. The van der Waals surface area contributed by atoms with Gasteiger partial charge in [-0.1, -0.05) is 18.2 Å². The first-order chi connectivity index (χ1) is 10.6. The molecule has 1 N–H and O–H groups in total. The largest absolute Gasteiger partial charge is 0.497 e. The summed E-state index contributed by atoms with van der Waals surface area (Å²) >= 11 is 1.59. The number of carbonyl (C=O) groups is 1. The maximum atomic E-state index is 12.3. The Labute approximate surface area is 134 Å². The molecule has 2 aromatic rings. The van der Waals surface area contributed by atoms with Gasteiger partial charge in [0, 0.05) is 11.0 Å². The van der Waals surface area contributed by atoms with E-state index in [1.165, 1.54) is 0 Å². The molecule has 0 heterocycles. The van der Waals surface area contributed by atoms with Gasteiger partial charge >= 0.3 is 0 Å². The first-order valence-electron chi connectivity index (χ1n) is 6.88. The van der Waals surface area contributed by atoms with Gasteiger partial charge in [-0.25, -0.2) is 0 Å². The van der Waals surface area contributed by atoms with E-state index < -0.39 is 6.10 Å². The van der Waals surface area contributed by atoms with Gasteiger partial charge in [-0.2, -0.15) is 0 Å². The van der Waals surface area contributed by atoms with Crippen molar-refractivity contribution in [1.82, 2.24) is 0 Å². The zero-order valence-electron chi connectivity index (χ0n) is 12.8. The van der Waals surface area contributed by atoms with Crippen LogP contribution in [0.25, 0.3) is 0 Å². The van der Waals surface area contributed by atoms with Crippen molar-refractivity contribution >= 4 is 23.4 Å². The Morgan fingerprint density at radius 2 is 1.86 bits per heavy atom. The summed E-state index contributed by atoms with van der Waals surface area (Å²) in [6.45, 7) is 1.72. The molecule has 0 saturated heterocycles. The molecule has 0 aliphatic rings. The van der Waals surface area contributed by atoms with E-state index in [0.29, 0.717) is 11.5 Å². The maximum Gasteiger partial charge on any atom is 0.265 e. The number of anilines is 1. The summed E-state index contributed by atoms with van der Waals surface area (Å²) in [5.74, 6) is 1.10. The van der Waals surface area contributed by atoms with Gasteiger partial charge in [-0.05, 0) is 37.4 Å². The Balaban J connectivity index is 2.02. The zero-order valence-corrected chi connectivity index (χ0v) is 13.6. The van der Waals surface area contributed by atoms with E-state index in [0.717, 1.165) is 10.6 Å². The summed E-state index contributed by atoms with van der Waals surface area (Å²) in [5, 5.41) is 2.89. The van der Waals surface area contributed by atoms with Crippen LogP contribution in [0.3, 0.4) is 0 Å². The molecule has 116 valence electrons. The molecule has 0 fully saturated rings. The van der Waals surface area contributed by atoms with Crippen molar-refractivity contribution in [3.8, 4) is 11.5 Å². The van der Waals surface area contributed by atoms with E-state index in [1.807, 2.05) is 42.7 Å². The molecule has 4 nitrogen and oxygen atoms in total. The highest BCUT2D eigenvalue weighted by Crippen LogP contribution is 2.25. The molecule has 5 heteroatoms. The minimum Gasteiger partial charge on any atom is -0.497 e. The minimum atomic E-state index is -0.609. The lowest BCUT2D eigenvalue weighted by Gasteiger charge is -2.16. The number of carbonyl (C=O) groups excluding carboxylic acids is 1. The van der Waals surface area contributed by atoms with Gasteiger partial charge in [0.1, 0.15) is 11.5 Å². The number of benzene rings is 2. The first-order valence-corrected chi connectivity index (χ1v) is 8.11. The number of thioether (sulfide) groups is 1. The van der Waals surface area contributed by atoms with Crippen LogP contribution in [-0.4, -0.2) is 25.4 Å². The summed E-state index contributed by atoms with van der Waals surface area (Å²) in [6, 6.07) is 14.9. The average Bonchev–Trinajstić information content (AvgIpc) is 2.55. The van der Waals surface area contributed by atoms with E-state index in [4.69, 9.17) is 9.47 Å². The van der Waals surface area contributed by atoms with Crippen molar-refractivity contribution in [1.29, 1.82) is 0 Å². The molecule has 0 spiro atoms. The Bertz CT molecular complexity index is 645. The van der Waals surface area contributed by atoms with E-state index in [-0.39, 0.29) is 5.91 Å². The van der Waals surface area contributed by atoms with Crippen LogP contribution in [0.5, 0.6) is 11.5 Å². The quantitative estimate of drug-likeness (QED) is 0.823. The normalized spacial score (nSPS) is 11.6. The predicted octanol–water partition coefficient (Wildman–Crippen LogP) is 3.82. The SMILES string of the molecule is COc1cccc(OC(C)C(=O)Nc2ccccc2SC)c1. The van der Waals surface area contributed by atoms with Crippen molar-refractivity contribution in [2.75, 3.05) is 18.7 Å². The number of para-hydroxylation sites is 1. The van der Waals surface area contributed by atoms with Crippen LogP contribution < -0.4 is 14.8 Å². The maximum absolute atomic E-state index is 12.3. The number of rotatable bonds is 6. The molecule has 0 radical (unpaired) electrons. The molecule has 2 rings (SSSR count). The molecule has 0 aliphatic heterocycles. The molecule has 22 heavy (non-hydrogen) atoms. The van der Waals surface area contributed by atoms with Crippen molar-refractivity contribution < 1.29 is 14.3 Å². The van der Waals surface area contributed by atoms with Gasteiger partial charge in [0.25, 0.3) is 5.91 Å². The highest BCUT2D eigenvalue weighted by molar-refractivity contribution is 7.98. The Hall–Kier alpha value is -2.14. The fourth-order valence-electron chi connectivity index (χ4n) is 1.91. The van der Waals surface area contributed by atoms with Crippen LogP contribution in [0.2, 0.25) is 0 Å². The van der Waals surface area contributed by atoms with Gasteiger partial charge in [0.2, 0.25) is 0 Å². The van der Waals surface area contributed by atoms with Crippen LogP contribution in [0, 0.1) is 0 Å². The van der Waals surface area contributed by atoms with Crippen molar-refractivity contribution in [2.45, 2.75) is 17.9 Å². The summed E-state index contributed by atoms with van der Waals surface area (Å²) in [5.41, 5.74) is 0.793. The summed E-state index contributed by atoms with van der Waals surface area (Å²) < 4.78 is 10.8. The monoisotopic (exact) mass is 317 g/mol. The van der Waals surface area contributed by atoms with E-state index >= 15 is 0 Å². The number of ether oxygens (including phenoxy) is 2. The van der Waals surface area contributed by atoms with Crippen molar-refractivity contribution in [3.05, 3.63) is 48.5 Å². The summed E-state index contributed by atoms with van der Waals surface area (Å²) in [4.78, 5) is 13.3. The zero-order chi connectivity index (χ0) is 15.9. The summed E-state index contributed by atoms with van der Waals surface area (Å²) in [6.07, 6.45) is 1.36. The smallest absolute Gasteiger partial charge is 0.265 e. The molecule has 1 amide bonds. The number of hydrogen-bond acceptors (Lipinski definition) is 4. The predicted molar refractivity (Wildman–Crippen MR) is 89.9 cm³/mol. The lowest BCUT2D eigenvalue weighted by Crippen LogP contribution is -2.30. The van der Waals surface area contributed by atoms with Gasteiger partial charge in [-0.3, -0.25) is 4.79 Å². The van der Waals surface area contributed by atoms with E-state index in [9.17, 15) is 4.79 Å². The van der Waals surface area contributed by atoms with E-state index in [1.54, 1.807) is 37.9 Å². The molecule has 0 saturated carbocycles. The van der Waals surface area contributed by atoms with Gasteiger partial charge in [0.15, 0.2) is 6.10 Å². The highest BCUT2D eigenvalue weighted by Gasteiger charge is 2.16. The molecule has 2 aromatic carbocycles. The Morgan fingerprint density at radius 3 is 2.59 bits per heavy atom. The number of hydrogen-bond donors (Lipinski definition) is 1. The fraction of sp³-hybridized carbons (Fsp3) is 0.235. The number of nitrogens with one attached hydrogen (secondary N) is 1. The third-order valence-corrected chi connectivity index (χ3v) is 3.88. The Morgan fingerprint density at radius 1 is 1.14 bits per heavy atom. The molecule has 0 aromatic heterocycles. The Kier molecular flexibility index (Phi) is 5.72. The fourth-order valence-corrected chi connectivity index (χ4v) is 2.47. The molecular weight excluding hydrogens is 298 g/mol. The third kappa shape index (κ3) is 4.18. The van der Waals surface area contributed by atoms with Crippen LogP contribution in [0.4, 0.5) is 5.69 Å². The molecule has 0 aliphatic carbocycles. The van der Waals surface area contributed by atoms with Gasteiger partial charge in [-0.15, -0.1) is 11.8 Å². The van der Waals surface area contributed by atoms with Crippen molar-refractivity contribution in [3.63, 3.8) is 0 Å². The molecule has 0 bridgehead atoms. The lowest BCUT2D eigenvalue weighted by atomic mass is 10.3. The topological polar surface area (TPSA) is 47.6 Å². The second-order valence-electron chi connectivity index (χ2n) is 4.63. The van der Waals surface area contributed by atoms with Crippen LogP contribution in [0.1, 0.15) is 6.92 Å². The first kappa shape index (κ1) is 16.2. The number of amides is 1. The van der Waals surface area contributed by atoms with Crippen molar-refractivity contribution in [2.24, 2.45) is 0 Å². The second kappa shape index (κ2) is 7.75. The molecular formula is C17H19NO3S. The van der Waals surface area contributed by atoms with Gasteiger partial charge < -0.3 is 14.8 Å². The summed E-state index contributed by atoms with van der Waals surface area (Å²) in [7, 11) is 1.59. The van der Waals surface area contributed by atoms with Crippen LogP contribution in [0.15, 0.2) is 53.4 Å². The molecule has 1 unspecified atom stereocenters. The third-order valence-electron chi connectivity index (χ3n) is 3.09.